The average Bonchev–Trinajstić information content (AvgIpc) is 2.36. The largest absolute Gasteiger partial charge is 0.336 e. The molecule has 1 aromatic carbocycles. The third-order valence-corrected chi connectivity index (χ3v) is 2.94. The van der Waals surface area contributed by atoms with Gasteiger partial charge in [-0.15, -0.1) is 0 Å². The molecule has 0 aliphatic heterocycles. The minimum Gasteiger partial charge on any atom is -0.336 e. The van der Waals surface area contributed by atoms with E-state index in [4.69, 9.17) is 0 Å². The van der Waals surface area contributed by atoms with E-state index in [-0.39, 0.29) is 24.2 Å². The lowest BCUT2D eigenvalue weighted by Crippen LogP contribution is -2.39. The highest BCUT2D eigenvalue weighted by Crippen LogP contribution is 2.12. The molecule has 5 heteroatoms. The van der Waals surface area contributed by atoms with Crippen LogP contribution in [0.3, 0.4) is 0 Å². The monoisotopic (exact) mass is 273 g/mol. The maximum atomic E-state index is 11.9. The van der Waals surface area contributed by atoms with Gasteiger partial charge >= 0.3 is 6.03 Å². The molecule has 0 aliphatic carbocycles. The number of hydrogen-bond donors (Lipinski definition) is 3. The Kier molecular flexibility index (Phi) is 4.08. The van der Waals surface area contributed by atoms with Gasteiger partial charge in [0.05, 0.1) is 0 Å². The van der Waals surface area contributed by atoms with Crippen molar-refractivity contribution in [1.82, 2.24) is 15.6 Å². The molecule has 3 N–H and O–H groups in total. The number of rotatable bonds is 3. The minimum atomic E-state index is -0.274. The fourth-order valence-corrected chi connectivity index (χ4v) is 1.99. The van der Waals surface area contributed by atoms with Crippen LogP contribution in [0.2, 0.25) is 0 Å². The van der Waals surface area contributed by atoms with E-state index in [2.05, 4.69) is 15.6 Å². The summed E-state index contributed by atoms with van der Waals surface area (Å²) in [4.78, 5) is 26.3. The van der Waals surface area contributed by atoms with Crippen LogP contribution in [0.5, 0.6) is 0 Å². The first kappa shape index (κ1) is 14.1. The quantitative estimate of drug-likeness (QED) is 0.800. The number of fused-ring (bicyclic) bond motifs is 1. The number of aromatic amines is 1. The summed E-state index contributed by atoms with van der Waals surface area (Å²) in [5.74, 6) is 0. The van der Waals surface area contributed by atoms with Crippen LogP contribution in [-0.4, -0.2) is 17.1 Å². The number of urea groups is 1. The Hall–Kier alpha value is -2.30. The first-order valence-electron chi connectivity index (χ1n) is 6.62. The standard InChI is InChI=1S/C15H19N3O2/c1-9(2)17-15(20)16-8-12-7-11-6-10(3)4-5-13(11)18-14(12)19/h4-7,9H,8H2,1-3H3,(H,18,19)(H2,16,17,20). The van der Waals surface area contributed by atoms with Gasteiger partial charge in [-0.1, -0.05) is 11.6 Å². The zero-order valence-corrected chi connectivity index (χ0v) is 11.9. The van der Waals surface area contributed by atoms with Crippen LogP contribution in [0, 0.1) is 6.92 Å². The SMILES string of the molecule is Cc1ccc2[nH]c(=O)c(CNC(=O)NC(C)C)cc2c1. The molecule has 0 fully saturated rings. The number of benzene rings is 1. The average molecular weight is 273 g/mol. The number of amides is 2. The van der Waals surface area contributed by atoms with E-state index in [0.717, 1.165) is 16.5 Å². The highest BCUT2D eigenvalue weighted by Gasteiger charge is 2.06. The van der Waals surface area contributed by atoms with Crippen LogP contribution in [-0.2, 0) is 6.54 Å². The van der Waals surface area contributed by atoms with Gasteiger partial charge in [-0.3, -0.25) is 4.79 Å². The van der Waals surface area contributed by atoms with Crippen molar-refractivity contribution in [2.24, 2.45) is 0 Å². The molecular weight excluding hydrogens is 254 g/mol. The number of hydrogen-bond acceptors (Lipinski definition) is 2. The van der Waals surface area contributed by atoms with Crippen molar-refractivity contribution in [2.45, 2.75) is 33.4 Å². The van der Waals surface area contributed by atoms with E-state index in [9.17, 15) is 9.59 Å². The van der Waals surface area contributed by atoms with Crippen molar-refractivity contribution >= 4 is 16.9 Å². The summed E-state index contributed by atoms with van der Waals surface area (Å²) >= 11 is 0. The maximum Gasteiger partial charge on any atom is 0.315 e. The summed E-state index contributed by atoms with van der Waals surface area (Å²) in [5.41, 5.74) is 2.30. The second-order valence-corrected chi connectivity index (χ2v) is 5.20. The van der Waals surface area contributed by atoms with E-state index in [1.807, 2.05) is 45.0 Å². The van der Waals surface area contributed by atoms with Crippen LogP contribution < -0.4 is 16.2 Å². The number of carbonyl (C=O) groups excluding carboxylic acids is 1. The first-order valence-corrected chi connectivity index (χ1v) is 6.62. The molecule has 20 heavy (non-hydrogen) atoms. The molecule has 0 saturated heterocycles. The highest BCUT2D eigenvalue weighted by molar-refractivity contribution is 5.80. The normalized spacial score (nSPS) is 10.8. The molecule has 2 rings (SSSR count). The third kappa shape index (κ3) is 3.38. The molecule has 0 atom stereocenters. The molecule has 2 amide bonds. The minimum absolute atomic E-state index is 0.0625. The lowest BCUT2D eigenvalue weighted by Gasteiger charge is -2.10. The van der Waals surface area contributed by atoms with Crippen molar-refractivity contribution < 1.29 is 4.79 Å². The van der Waals surface area contributed by atoms with Gasteiger partial charge in [-0.05, 0) is 44.4 Å². The number of pyridine rings is 1. The Morgan fingerprint density at radius 2 is 2.05 bits per heavy atom. The molecular formula is C15H19N3O2. The Labute approximate surface area is 117 Å². The van der Waals surface area contributed by atoms with Gasteiger partial charge in [0.1, 0.15) is 0 Å². The summed E-state index contributed by atoms with van der Waals surface area (Å²) < 4.78 is 0. The van der Waals surface area contributed by atoms with Crippen LogP contribution in [0.15, 0.2) is 29.1 Å². The fourth-order valence-electron chi connectivity index (χ4n) is 1.99. The van der Waals surface area contributed by atoms with E-state index in [0.29, 0.717) is 5.56 Å². The van der Waals surface area contributed by atoms with Crippen LogP contribution in [0.1, 0.15) is 25.0 Å². The van der Waals surface area contributed by atoms with Gasteiger partial charge in [0.15, 0.2) is 0 Å². The van der Waals surface area contributed by atoms with Crippen molar-refractivity contribution in [2.75, 3.05) is 0 Å². The summed E-state index contributed by atoms with van der Waals surface area (Å²) in [6.45, 7) is 5.96. The molecule has 5 nitrogen and oxygen atoms in total. The Bertz CT molecular complexity index is 689. The second-order valence-electron chi connectivity index (χ2n) is 5.20. The summed E-state index contributed by atoms with van der Waals surface area (Å²) in [6.07, 6.45) is 0. The zero-order valence-electron chi connectivity index (χ0n) is 11.9. The van der Waals surface area contributed by atoms with Crippen LogP contribution >= 0.6 is 0 Å². The van der Waals surface area contributed by atoms with Crippen LogP contribution in [0.25, 0.3) is 10.9 Å². The Morgan fingerprint density at radius 1 is 1.30 bits per heavy atom. The van der Waals surface area contributed by atoms with Gasteiger partial charge in [0, 0.05) is 23.7 Å². The Morgan fingerprint density at radius 3 is 2.75 bits per heavy atom. The van der Waals surface area contributed by atoms with Gasteiger partial charge < -0.3 is 15.6 Å². The second kappa shape index (κ2) is 5.77. The van der Waals surface area contributed by atoms with Gasteiger partial charge in [-0.25, -0.2) is 4.79 Å². The lowest BCUT2D eigenvalue weighted by atomic mass is 10.1. The smallest absolute Gasteiger partial charge is 0.315 e. The number of aromatic nitrogens is 1. The number of carbonyl (C=O) groups is 1. The van der Waals surface area contributed by atoms with E-state index in [1.165, 1.54) is 0 Å². The van der Waals surface area contributed by atoms with Crippen LogP contribution in [0.4, 0.5) is 4.79 Å². The van der Waals surface area contributed by atoms with E-state index >= 15 is 0 Å². The molecule has 0 bridgehead atoms. The van der Waals surface area contributed by atoms with Gasteiger partial charge in [0.2, 0.25) is 0 Å². The summed E-state index contributed by atoms with van der Waals surface area (Å²) in [7, 11) is 0. The van der Waals surface area contributed by atoms with Crippen molar-refractivity contribution in [3.8, 4) is 0 Å². The molecule has 106 valence electrons. The predicted molar refractivity (Wildman–Crippen MR) is 79.8 cm³/mol. The number of aryl methyl sites for hydroxylation is 1. The molecule has 0 saturated carbocycles. The molecule has 0 aliphatic rings. The van der Waals surface area contributed by atoms with Crippen molar-refractivity contribution in [3.05, 3.63) is 45.7 Å². The topological polar surface area (TPSA) is 74.0 Å². The molecule has 2 aromatic rings. The molecule has 0 spiro atoms. The summed E-state index contributed by atoms with van der Waals surface area (Å²) in [6, 6.07) is 7.44. The maximum absolute atomic E-state index is 11.9. The molecule has 0 radical (unpaired) electrons. The van der Waals surface area contributed by atoms with E-state index in [1.54, 1.807) is 0 Å². The van der Waals surface area contributed by atoms with Gasteiger partial charge in [-0.2, -0.15) is 0 Å². The van der Waals surface area contributed by atoms with Crippen molar-refractivity contribution in [3.63, 3.8) is 0 Å². The van der Waals surface area contributed by atoms with Gasteiger partial charge in [0.25, 0.3) is 5.56 Å². The summed E-state index contributed by atoms with van der Waals surface area (Å²) in [5, 5.41) is 6.36. The first-order chi connectivity index (χ1) is 9.45. The molecule has 1 aromatic heterocycles. The highest BCUT2D eigenvalue weighted by atomic mass is 16.2. The zero-order chi connectivity index (χ0) is 14.7. The third-order valence-electron chi connectivity index (χ3n) is 2.94. The van der Waals surface area contributed by atoms with Crippen molar-refractivity contribution in [1.29, 1.82) is 0 Å². The number of nitrogens with one attached hydrogen (secondary N) is 3. The van der Waals surface area contributed by atoms with E-state index < -0.39 is 0 Å². The Balaban J connectivity index is 2.19. The molecule has 0 unspecified atom stereocenters. The number of H-pyrrole nitrogens is 1. The molecule has 1 heterocycles. The predicted octanol–water partition coefficient (Wildman–Crippen LogP) is 2.04. The lowest BCUT2D eigenvalue weighted by molar-refractivity contribution is 0.238. The fraction of sp³-hybridized carbons (Fsp3) is 0.333.